The minimum atomic E-state index is -1.11. The molecule has 2 unspecified atom stereocenters. The lowest BCUT2D eigenvalue weighted by Crippen LogP contribution is -2.51. The average Bonchev–Trinajstić information content (AvgIpc) is 3.41. The van der Waals surface area contributed by atoms with Crippen LogP contribution in [0.2, 0.25) is 0 Å². The SMILES string of the molecule is CC(C)(N)C(=O)NC(COCc1ccccc1)c1nnnn1CCCNC(=O)CC1NC(=O)CC1=O. The Hall–Kier alpha value is -3.71. The third kappa shape index (κ3) is 7.92. The molecule has 1 aliphatic rings. The van der Waals surface area contributed by atoms with E-state index in [1.165, 1.54) is 4.68 Å². The van der Waals surface area contributed by atoms with Gasteiger partial charge in [0.15, 0.2) is 11.6 Å². The molecular formula is C23H32N8O5. The molecule has 2 heterocycles. The number of ketones is 1. The zero-order valence-electron chi connectivity index (χ0n) is 20.4. The van der Waals surface area contributed by atoms with E-state index in [1.807, 2.05) is 30.3 Å². The van der Waals surface area contributed by atoms with Gasteiger partial charge in [0, 0.05) is 13.1 Å². The summed E-state index contributed by atoms with van der Waals surface area (Å²) in [5.41, 5.74) is 5.82. The van der Waals surface area contributed by atoms with Crippen molar-refractivity contribution in [1.82, 2.24) is 36.2 Å². The maximum absolute atomic E-state index is 12.6. The van der Waals surface area contributed by atoms with E-state index in [0.717, 1.165) is 5.56 Å². The summed E-state index contributed by atoms with van der Waals surface area (Å²) in [6.07, 6.45) is 0.208. The Labute approximate surface area is 208 Å². The van der Waals surface area contributed by atoms with E-state index in [-0.39, 0.29) is 43.0 Å². The predicted octanol–water partition coefficient (Wildman–Crippen LogP) is -0.861. The first kappa shape index (κ1) is 26.9. The first-order valence-corrected chi connectivity index (χ1v) is 11.7. The number of aromatic nitrogens is 4. The van der Waals surface area contributed by atoms with Crippen LogP contribution >= 0.6 is 0 Å². The van der Waals surface area contributed by atoms with E-state index in [1.54, 1.807) is 13.8 Å². The first-order chi connectivity index (χ1) is 17.1. The fourth-order valence-corrected chi connectivity index (χ4v) is 3.50. The summed E-state index contributed by atoms with van der Waals surface area (Å²) in [4.78, 5) is 47.6. The normalized spacial score (nSPS) is 16.5. The van der Waals surface area contributed by atoms with Gasteiger partial charge in [-0.2, -0.15) is 0 Å². The number of hydrogen-bond acceptors (Lipinski definition) is 9. The first-order valence-electron chi connectivity index (χ1n) is 11.7. The number of carbonyl (C=O) groups is 4. The second kappa shape index (κ2) is 12.3. The lowest BCUT2D eigenvalue weighted by molar-refractivity contribution is -0.126. The summed E-state index contributed by atoms with van der Waals surface area (Å²) in [5, 5.41) is 19.9. The highest BCUT2D eigenvalue weighted by Crippen LogP contribution is 2.14. The zero-order chi connectivity index (χ0) is 26.1. The molecule has 2 atom stereocenters. The van der Waals surface area contributed by atoms with E-state index in [2.05, 4.69) is 31.5 Å². The van der Waals surface area contributed by atoms with Gasteiger partial charge in [-0.15, -0.1) is 5.10 Å². The van der Waals surface area contributed by atoms with Crippen molar-refractivity contribution in [3.05, 3.63) is 41.7 Å². The number of hydrogen-bond donors (Lipinski definition) is 4. The van der Waals surface area contributed by atoms with Gasteiger partial charge >= 0.3 is 0 Å². The van der Waals surface area contributed by atoms with Crippen molar-refractivity contribution in [1.29, 1.82) is 0 Å². The molecule has 0 bridgehead atoms. The number of rotatable bonds is 13. The zero-order valence-corrected chi connectivity index (χ0v) is 20.4. The smallest absolute Gasteiger partial charge is 0.240 e. The summed E-state index contributed by atoms with van der Waals surface area (Å²) in [7, 11) is 0. The largest absolute Gasteiger partial charge is 0.374 e. The molecule has 1 aromatic heterocycles. The molecule has 0 spiro atoms. The van der Waals surface area contributed by atoms with Crippen LogP contribution in [0.1, 0.15) is 50.5 Å². The molecule has 1 fully saturated rings. The fraction of sp³-hybridized carbons (Fsp3) is 0.522. The maximum Gasteiger partial charge on any atom is 0.240 e. The molecule has 3 amide bonds. The highest BCUT2D eigenvalue weighted by atomic mass is 16.5. The number of carbonyl (C=O) groups excluding carboxylic acids is 4. The monoisotopic (exact) mass is 500 g/mol. The lowest BCUT2D eigenvalue weighted by atomic mass is 10.1. The number of benzene rings is 1. The minimum absolute atomic E-state index is 0.0948. The van der Waals surface area contributed by atoms with Gasteiger partial charge in [-0.25, -0.2) is 4.68 Å². The van der Waals surface area contributed by atoms with Gasteiger partial charge in [-0.3, -0.25) is 19.2 Å². The van der Waals surface area contributed by atoms with Crippen molar-refractivity contribution in [2.24, 2.45) is 5.73 Å². The van der Waals surface area contributed by atoms with Crippen LogP contribution in [0.5, 0.6) is 0 Å². The van der Waals surface area contributed by atoms with Gasteiger partial charge in [0.25, 0.3) is 0 Å². The van der Waals surface area contributed by atoms with Gasteiger partial charge in [0.1, 0.15) is 6.04 Å². The molecule has 13 heteroatoms. The van der Waals surface area contributed by atoms with Gasteiger partial charge in [0.2, 0.25) is 17.7 Å². The van der Waals surface area contributed by atoms with Crippen molar-refractivity contribution in [3.63, 3.8) is 0 Å². The molecule has 36 heavy (non-hydrogen) atoms. The van der Waals surface area contributed by atoms with Crippen LogP contribution in [0.15, 0.2) is 30.3 Å². The van der Waals surface area contributed by atoms with Crippen LogP contribution in [-0.2, 0) is 37.1 Å². The predicted molar refractivity (Wildman–Crippen MR) is 127 cm³/mol. The van der Waals surface area contributed by atoms with E-state index >= 15 is 0 Å². The summed E-state index contributed by atoms with van der Waals surface area (Å²) in [5.74, 6) is -0.970. The van der Waals surface area contributed by atoms with Gasteiger partial charge in [0.05, 0.1) is 37.6 Å². The molecular weight excluding hydrogens is 468 g/mol. The molecule has 0 radical (unpaired) electrons. The molecule has 3 rings (SSSR count). The highest BCUT2D eigenvalue weighted by Gasteiger charge is 2.31. The number of tetrazole rings is 1. The van der Waals surface area contributed by atoms with Crippen LogP contribution in [-0.4, -0.2) is 68.4 Å². The molecule has 13 nitrogen and oxygen atoms in total. The number of ether oxygens (including phenoxy) is 1. The molecule has 1 aromatic carbocycles. The second-order valence-corrected chi connectivity index (χ2v) is 9.18. The third-order valence-corrected chi connectivity index (χ3v) is 5.47. The van der Waals surface area contributed by atoms with E-state index < -0.39 is 17.6 Å². The van der Waals surface area contributed by atoms with Crippen LogP contribution in [0.4, 0.5) is 0 Å². The molecule has 1 saturated heterocycles. The number of Topliss-reactive ketones (excluding diaryl/α,β-unsaturated/α-hetero) is 1. The standard InChI is InChI=1S/C23H32N8O5/c1-23(2,24)22(35)27-17(14-36-13-15-7-4-3-5-8-15)21-28-29-30-31(21)10-6-9-25-19(33)11-16-18(32)12-20(34)26-16/h3-5,7-8,16-17H,6,9-14,24H2,1-2H3,(H,25,33)(H,26,34)(H,27,35). The molecule has 5 N–H and O–H groups in total. The Balaban J connectivity index is 1.54. The number of aryl methyl sites for hydroxylation is 1. The minimum Gasteiger partial charge on any atom is -0.374 e. The van der Waals surface area contributed by atoms with Gasteiger partial charge in [-0.1, -0.05) is 30.3 Å². The Morgan fingerprint density at radius 2 is 2.03 bits per heavy atom. The Kier molecular flexibility index (Phi) is 9.19. The number of amides is 3. The third-order valence-electron chi connectivity index (χ3n) is 5.47. The van der Waals surface area contributed by atoms with Crippen LogP contribution in [0, 0.1) is 0 Å². The van der Waals surface area contributed by atoms with E-state index in [0.29, 0.717) is 31.9 Å². The molecule has 0 saturated carbocycles. The van der Waals surface area contributed by atoms with Crippen molar-refractivity contribution in [2.45, 2.75) is 63.9 Å². The highest BCUT2D eigenvalue weighted by molar-refractivity contribution is 6.08. The molecule has 0 aliphatic carbocycles. The summed E-state index contributed by atoms with van der Waals surface area (Å²) in [6, 6.07) is 8.20. The lowest BCUT2D eigenvalue weighted by Gasteiger charge is -2.24. The summed E-state index contributed by atoms with van der Waals surface area (Å²) < 4.78 is 7.37. The number of nitrogens with two attached hydrogens (primary N) is 1. The van der Waals surface area contributed by atoms with E-state index in [9.17, 15) is 19.2 Å². The van der Waals surface area contributed by atoms with Crippen molar-refractivity contribution in [3.8, 4) is 0 Å². The van der Waals surface area contributed by atoms with Crippen molar-refractivity contribution < 1.29 is 23.9 Å². The van der Waals surface area contributed by atoms with Crippen molar-refractivity contribution >= 4 is 23.5 Å². The number of nitrogens with one attached hydrogen (secondary N) is 3. The van der Waals surface area contributed by atoms with E-state index in [4.69, 9.17) is 10.5 Å². The Morgan fingerprint density at radius 3 is 2.69 bits per heavy atom. The Bertz CT molecular complexity index is 1070. The van der Waals surface area contributed by atoms with Gasteiger partial charge < -0.3 is 26.4 Å². The van der Waals surface area contributed by atoms with Crippen LogP contribution in [0.3, 0.4) is 0 Å². The molecule has 2 aromatic rings. The average molecular weight is 501 g/mol. The van der Waals surface area contributed by atoms with Crippen LogP contribution < -0.4 is 21.7 Å². The quantitative estimate of drug-likeness (QED) is 0.201. The van der Waals surface area contributed by atoms with Gasteiger partial charge in [-0.05, 0) is 36.3 Å². The fourth-order valence-electron chi connectivity index (χ4n) is 3.50. The summed E-state index contributed by atoms with van der Waals surface area (Å²) in [6.45, 7) is 4.33. The van der Waals surface area contributed by atoms with Crippen molar-refractivity contribution in [2.75, 3.05) is 13.2 Å². The summed E-state index contributed by atoms with van der Waals surface area (Å²) >= 11 is 0. The molecule has 1 aliphatic heterocycles. The van der Waals surface area contributed by atoms with Crippen LogP contribution in [0.25, 0.3) is 0 Å². The Morgan fingerprint density at radius 1 is 1.28 bits per heavy atom. The second-order valence-electron chi connectivity index (χ2n) is 9.18. The maximum atomic E-state index is 12.6. The topological polar surface area (TPSA) is 183 Å². The number of nitrogens with zero attached hydrogens (tertiary/aromatic N) is 4. The molecule has 194 valence electrons.